The molecule has 14 atom stereocenters. The van der Waals surface area contributed by atoms with Crippen LogP contribution in [0.15, 0.2) is 0 Å². The lowest BCUT2D eigenvalue weighted by Gasteiger charge is -2.49. The number of methoxy groups -OCH3 is 1. The number of rotatable bonds is 7. The predicted octanol–water partition coefficient (Wildman–Crippen LogP) is -7.53. The van der Waals surface area contributed by atoms with E-state index in [4.69, 9.17) is 23.7 Å². The van der Waals surface area contributed by atoms with Crippen molar-refractivity contribution in [3.05, 3.63) is 0 Å². The fourth-order valence-electron chi connectivity index (χ4n) is 4.42. The Bertz CT molecular complexity index is 615. The van der Waals surface area contributed by atoms with Crippen molar-refractivity contribution in [3.8, 4) is 0 Å². The smallest absolute Gasteiger partial charge is 0.187 e. The Morgan fingerprint density at radius 1 is 0.486 bits per heavy atom. The van der Waals surface area contributed by atoms with Gasteiger partial charge in [-0.1, -0.05) is 0 Å². The van der Waals surface area contributed by atoms with Crippen molar-refractivity contribution < 1.29 is 79.9 Å². The average molecular weight is 518 g/mol. The maximum Gasteiger partial charge on any atom is 0.187 e. The molecule has 0 amide bonds. The molecule has 2 aliphatic heterocycles. The lowest BCUT2D eigenvalue weighted by atomic mass is 9.84. The van der Waals surface area contributed by atoms with Crippen LogP contribution in [0.2, 0.25) is 0 Å². The number of aliphatic hydroxyl groups excluding tert-OH is 11. The first-order valence-corrected chi connectivity index (χ1v) is 11.0. The summed E-state index contributed by atoms with van der Waals surface area (Å²) >= 11 is 0. The first kappa shape index (κ1) is 28.9. The Morgan fingerprint density at radius 3 is 1.14 bits per heavy atom. The van der Waals surface area contributed by atoms with Crippen LogP contribution in [0.1, 0.15) is 0 Å². The molecule has 206 valence electrons. The maximum atomic E-state index is 10.5. The van der Waals surface area contributed by atoms with Crippen molar-refractivity contribution in [2.75, 3.05) is 20.3 Å². The van der Waals surface area contributed by atoms with E-state index in [2.05, 4.69) is 0 Å². The van der Waals surface area contributed by atoms with E-state index >= 15 is 0 Å². The second-order valence-corrected chi connectivity index (χ2v) is 8.77. The molecule has 0 aromatic rings. The lowest BCUT2D eigenvalue weighted by Crippen LogP contribution is -2.69. The number of aliphatic hydroxyl groups is 11. The highest BCUT2D eigenvalue weighted by Gasteiger charge is 2.56. The molecule has 2 saturated heterocycles. The van der Waals surface area contributed by atoms with E-state index in [9.17, 15) is 56.2 Å². The maximum absolute atomic E-state index is 10.5. The van der Waals surface area contributed by atoms with E-state index in [1.54, 1.807) is 0 Å². The van der Waals surface area contributed by atoms with Gasteiger partial charge in [-0.3, -0.25) is 0 Å². The molecule has 1 aliphatic carbocycles. The Balaban J connectivity index is 1.82. The number of hydrogen-bond donors (Lipinski definition) is 11. The van der Waals surface area contributed by atoms with Gasteiger partial charge in [-0.05, 0) is 0 Å². The summed E-state index contributed by atoms with van der Waals surface area (Å²) in [6, 6.07) is 0. The first-order valence-electron chi connectivity index (χ1n) is 11.0. The van der Waals surface area contributed by atoms with Crippen LogP contribution in [-0.4, -0.2) is 175 Å². The standard InChI is InChI=1S/C19H34O16/c1-31-17-15(34-18-13(29)8(24)6(22)4(2-20)32-18)11(27)10(26)12(28)16(17)35-19-14(30)9(25)7(23)5(3-21)33-19/h4-30H,2-3H2,1H3/t4?,5?,6-,7-,8?,9?,10?,11?,12?,13?,14?,15?,16?,17?,18-,19-/m1/s1. The molecule has 3 aliphatic rings. The van der Waals surface area contributed by atoms with Crippen LogP contribution in [0, 0.1) is 0 Å². The molecule has 0 aromatic heterocycles. The fourth-order valence-corrected chi connectivity index (χ4v) is 4.42. The molecular formula is C19H34O16. The van der Waals surface area contributed by atoms with Crippen LogP contribution >= 0.6 is 0 Å². The SMILES string of the molecule is COC1C(O[C@H]2OC(CO)[C@@H](O)C(O)C2O)C(O)C(O)C(O)C1O[C@H]1OC(CO)[C@@H](O)C(O)C1O. The summed E-state index contributed by atoms with van der Waals surface area (Å²) in [6.07, 6.45) is -27.2. The third kappa shape index (κ3) is 5.48. The third-order valence-electron chi connectivity index (χ3n) is 6.57. The van der Waals surface area contributed by atoms with E-state index in [1.807, 2.05) is 0 Å². The molecule has 16 heteroatoms. The van der Waals surface area contributed by atoms with Gasteiger partial charge in [-0.2, -0.15) is 0 Å². The van der Waals surface area contributed by atoms with Crippen molar-refractivity contribution in [2.45, 2.75) is 98.0 Å². The molecular weight excluding hydrogens is 484 g/mol. The van der Waals surface area contributed by atoms with Crippen LogP contribution in [0.4, 0.5) is 0 Å². The van der Waals surface area contributed by atoms with Gasteiger partial charge < -0.3 is 79.9 Å². The molecule has 0 radical (unpaired) electrons. The van der Waals surface area contributed by atoms with Crippen molar-refractivity contribution in [3.63, 3.8) is 0 Å². The van der Waals surface area contributed by atoms with Crippen molar-refractivity contribution >= 4 is 0 Å². The molecule has 0 bridgehead atoms. The van der Waals surface area contributed by atoms with Gasteiger partial charge in [0.05, 0.1) is 13.2 Å². The predicted molar refractivity (Wildman–Crippen MR) is 106 cm³/mol. The number of hydrogen-bond acceptors (Lipinski definition) is 16. The highest BCUT2D eigenvalue weighted by molar-refractivity contribution is 5.03. The molecule has 2 heterocycles. The molecule has 35 heavy (non-hydrogen) atoms. The second-order valence-electron chi connectivity index (χ2n) is 8.77. The zero-order chi connectivity index (χ0) is 26.2. The lowest BCUT2D eigenvalue weighted by molar-refractivity contribution is -0.363. The van der Waals surface area contributed by atoms with Gasteiger partial charge in [0.25, 0.3) is 0 Å². The summed E-state index contributed by atoms with van der Waals surface area (Å²) in [5.74, 6) is 0. The van der Waals surface area contributed by atoms with Crippen molar-refractivity contribution in [1.82, 2.24) is 0 Å². The van der Waals surface area contributed by atoms with Crippen LogP contribution < -0.4 is 0 Å². The minimum absolute atomic E-state index is 0.754. The normalized spacial score (nSPS) is 53.5. The van der Waals surface area contributed by atoms with E-state index in [-0.39, 0.29) is 0 Å². The summed E-state index contributed by atoms with van der Waals surface area (Å²) in [5, 5.41) is 111. The van der Waals surface area contributed by atoms with Crippen molar-refractivity contribution in [1.29, 1.82) is 0 Å². The highest BCUT2D eigenvalue weighted by Crippen LogP contribution is 2.34. The molecule has 10 unspecified atom stereocenters. The third-order valence-corrected chi connectivity index (χ3v) is 6.57. The zero-order valence-corrected chi connectivity index (χ0v) is 18.6. The van der Waals surface area contributed by atoms with Gasteiger partial charge in [-0.25, -0.2) is 0 Å². The van der Waals surface area contributed by atoms with Gasteiger partial charge >= 0.3 is 0 Å². The fraction of sp³-hybridized carbons (Fsp3) is 1.00. The molecule has 0 aromatic carbocycles. The van der Waals surface area contributed by atoms with E-state index < -0.39 is 111 Å². The minimum atomic E-state index is -1.94. The number of ether oxygens (including phenoxy) is 5. The van der Waals surface area contributed by atoms with Crippen LogP contribution in [-0.2, 0) is 23.7 Å². The summed E-state index contributed by atoms with van der Waals surface area (Å²) in [6.45, 7) is -1.51. The molecule has 16 nitrogen and oxygen atoms in total. The van der Waals surface area contributed by atoms with E-state index in [1.165, 1.54) is 0 Å². The zero-order valence-electron chi connectivity index (χ0n) is 18.6. The average Bonchev–Trinajstić information content (AvgIpc) is 2.85. The van der Waals surface area contributed by atoms with Crippen molar-refractivity contribution in [2.24, 2.45) is 0 Å². The van der Waals surface area contributed by atoms with E-state index in [0.29, 0.717) is 0 Å². The van der Waals surface area contributed by atoms with Crippen LogP contribution in [0.5, 0.6) is 0 Å². The summed E-state index contributed by atoms with van der Waals surface area (Å²) in [7, 11) is 1.12. The molecule has 0 spiro atoms. The molecule has 3 fully saturated rings. The van der Waals surface area contributed by atoms with Gasteiger partial charge in [0.15, 0.2) is 12.6 Å². The molecule has 1 saturated carbocycles. The minimum Gasteiger partial charge on any atom is -0.394 e. The van der Waals surface area contributed by atoms with Gasteiger partial charge in [0.1, 0.15) is 85.5 Å². The Labute approximate surface area is 199 Å². The molecule has 3 rings (SSSR count). The monoisotopic (exact) mass is 518 g/mol. The second kappa shape index (κ2) is 11.8. The van der Waals surface area contributed by atoms with E-state index in [0.717, 1.165) is 7.11 Å². The summed E-state index contributed by atoms with van der Waals surface area (Å²) in [5.41, 5.74) is 0. The first-order chi connectivity index (χ1) is 16.5. The summed E-state index contributed by atoms with van der Waals surface area (Å²) < 4.78 is 26.9. The Morgan fingerprint density at radius 2 is 0.829 bits per heavy atom. The van der Waals surface area contributed by atoms with Crippen LogP contribution in [0.3, 0.4) is 0 Å². The Hall–Kier alpha value is -0.640. The molecule has 11 N–H and O–H groups in total. The highest BCUT2D eigenvalue weighted by atomic mass is 16.7. The topological polar surface area (TPSA) is 269 Å². The Kier molecular flexibility index (Phi) is 9.77. The van der Waals surface area contributed by atoms with Crippen LogP contribution in [0.25, 0.3) is 0 Å². The summed E-state index contributed by atoms with van der Waals surface area (Å²) in [4.78, 5) is 0. The largest absolute Gasteiger partial charge is 0.394 e. The quantitative estimate of drug-likeness (QED) is 0.149. The van der Waals surface area contributed by atoms with Gasteiger partial charge in [0, 0.05) is 7.11 Å². The van der Waals surface area contributed by atoms with Gasteiger partial charge in [0.2, 0.25) is 0 Å². The van der Waals surface area contributed by atoms with Gasteiger partial charge in [-0.15, -0.1) is 0 Å².